The van der Waals surface area contributed by atoms with Crippen molar-refractivity contribution in [3.8, 4) is 0 Å². The van der Waals surface area contributed by atoms with Crippen molar-refractivity contribution in [3.63, 3.8) is 0 Å². The van der Waals surface area contributed by atoms with E-state index >= 15 is 0 Å². The van der Waals surface area contributed by atoms with Crippen LogP contribution in [0.4, 0.5) is 0 Å². The van der Waals surface area contributed by atoms with E-state index in [4.69, 9.17) is 0 Å². The molecule has 2 nitrogen and oxygen atoms in total. The summed E-state index contributed by atoms with van der Waals surface area (Å²) in [5.74, 6) is 0. The van der Waals surface area contributed by atoms with Gasteiger partial charge >= 0.3 is 0 Å². The van der Waals surface area contributed by atoms with Crippen molar-refractivity contribution in [2.24, 2.45) is 0 Å². The minimum absolute atomic E-state index is 1.01. The van der Waals surface area contributed by atoms with Crippen molar-refractivity contribution < 1.29 is 0 Å². The van der Waals surface area contributed by atoms with Gasteiger partial charge in [-0.05, 0) is 34.5 Å². The predicted molar refractivity (Wildman–Crippen MR) is 69.2 cm³/mol. The second-order valence-electron chi connectivity index (χ2n) is 2.70. The van der Waals surface area contributed by atoms with Crippen LogP contribution >= 0.6 is 46.3 Å². The van der Waals surface area contributed by atoms with E-state index in [0.717, 1.165) is 10.1 Å². The fraction of sp³-hybridized carbons (Fsp3) is 0.125. The zero-order chi connectivity index (χ0) is 9.42. The van der Waals surface area contributed by atoms with Crippen molar-refractivity contribution in [3.05, 3.63) is 28.5 Å². The Hall–Kier alpha value is 0.250. The van der Waals surface area contributed by atoms with E-state index in [1.54, 1.807) is 9.12 Å². The third-order valence-corrected chi connectivity index (χ3v) is 4.63. The molecule has 2 aromatic heterocycles. The third kappa shape index (κ3) is 1.61. The van der Waals surface area contributed by atoms with Gasteiger partial charge in [0.1, 0.15) is 0 Å². The summed E-state index contributed by atoms with van der Waals surface area (Å²) < 4.78 is 3.18. The normalized spacial score (nSPS) is 11.0. The first kappa shape index (κ1) is 9.79. The van der Waals surface area contributed by atoms with Gasteiger partial charge in [0.05, 0.1) is 0 Å². The zero-order valence-electron chi connectivity index (χ0n) is 6.79. The summed E-state index contributed by atoms with van der Waals surface area (Å²) in [4.78, 5) is 4.38. The Morgan fingerprint density at radius 2 is 2.38 bits per heavy atom. The summed E-state index contributed by atoms with van der Waals surface area (Å²) >= 11 is 5.80. The first-order valence-corrected chi connectivity index (χ1v) is 7.76. The van der Waals surface area contributed by atoms with Gasteiger partial charge in [0, 0.05) is 52.6 Å². The standard InChI is InChI=1S/C8H6BrIN2S/c1-5-4-11-8-6(7(5)9)2-3-12(8)13-10/h2-4H,1H3. The Balaban J connectivity index is 2.81. The van der Waals surface area contributed by atoms with E-state index in [-0.39, 0.29) is 0 Å². The van der Waals surface area contributed by atoms with Gasteiger partial charge in [0.25, 0.3) is 0 Å². The Kier molecular flexibility index (Phi) is 2.85. The van der Waals surface area contributed by atoms with Crippen molar-refractivity contribution in [1.29, 1.82) is 0 Å². The maximum atomic E-state index is 4.38. The number of aromatic nitrogens is 2. The van der Waals surface area contributed by atoms with Crippen LogP contribution in [0.25, 0.3) is 11.0 Å². The fourth-order valence-corrected chi connectivity index (χ4v) is 2.87. The summed E-state index contributed by atoms with van der Waals surface area (Å²) in [7, 11) is 1.62. The van der Waals surface area contributed by atoms with E-state index in [1.807, 2.05) is 23.3 Å². The third-order valence-electron chi connectivity index (χ3n) is 1.86. The fourth-order valence-electron chi connectivity index (χ4n) is 1.19. The summed E-state index contributed by atoms with van der Waals surface area (Å²) in [6.45, 7) is 2.05. The van der Waals surface area contributed by atoms with Crippen molar-refractivity contribution in [1.82, 2.24) is 8.96 Å². The lowest BCUT2D eigenvalue weighted by Gasteiger charge is -2.00. The van der Waals surface area contributed by atoms with Crippen LogP contribution in [-0.2, 0) is 0 Å². The molecule has 0 amide bonds. The molecular weight excluding hydrogens is 363 g/mol. The van der Waals surface area contributed by atoms with E-state index in [2.05, 4.69) is 48.2 Å². The molecule has 2 rings (SSSR count). The molecule has 0 unspecified atom stereocenters. The molecule has 0 bridgehead atoms. The number of nitrogens with zero attached hydrogens (tertiary/aromatic N) is 2. The minimum Gasteiger partial charge on any atom is -0.266 e. The molecule has 13 heavy (non-hydrogen) atoms. The molecule has 0 aliphatic rings. The molecule has 0 aromatic carbocycles. The van der Waals surface area contributed by atoms with Crippen LogP contribution in [0, 0.1) is 6.92 Å². The smallest absolute Gasteiger partial charge is 0.151 e. The number of halogens is 2. The highest BCUT2D eigenvalue weighted by molar-refractivity contribution is 14.2. The van der Waals surface area contributed by atoms with Gasteiger partial charge in [-0.1, -0.05) is 0 Å². The number of fused-ring (bicyclic) bond motifs is 1. The monoisotopic (exact) mass is 368 g/mol. The van der Waals surface area contributed by atoms with Gasteiger partial charge < -0.3 is 0 Å². The molecular formula is C8H6BrIN2S. The summed E-state index contributed by atoms with van der Waals surface area (Å²) in [5.41, 5.74) is 2.18. The van der Waals surface area contributed by atoms with Crippen molar-refractivity contribution >= 4 is 57.3 Å². The van der Waals surface area contributed by atoms with Crippen LogP contribution in [0.1, 0.15) is 5.56 Å². The second-order valence-corrected chi connectivity index (χ2v) is 5.21. The molecule has 2 heterocycles. The topological polar surface area (TPSA) is 17.8 Å². The summed E-state index contributed by atoms with van der Waals surface area (Å²) in [5, 5.41) is 1.17. The van der Waals surface area contributed by atoms with Gasteiger partial charge in [-0.25, -0.2) is 4.98 Å². The van der Waals surface area contributed by atoms with E-state index in [9.17, 15) is 0 Å². The van der Waals surface area contributed by atoms with Crippen LogP contribution in [0.2, 0.25) is 0 Å². The number of aryl methyl sites for hydroxylation is 1. The molecule has 0 N–H and O–H groups in total. The molecule has 0 aliphatic heterocycles. The lowest BCUT2D eigenvalue weighted by Crippen LogP contribution is -1.86. The SMILES string of the molecule is Cc1cnc2c(ccn2SI)c1Br. The van der Waals surface area contributed by atoms with E-state index < -0.39 is 0 Å². The van der Waals surface area contributed by atoms with Crippen LogP contribution in [0.3, 0.4) is 0 Å². The molecule has 5 heteroatoms. The molecule has 68 valence electrons. The molecule has 0 fully saturated rings. The first-order chi connectivity index (χ1) is 6.24. The van der Waals surface area contributed by atoms with Crippen molar-refractivity contribution in [2.45, 2.75) is 6.92 Å². The minimum atomic E-state index is 1.01. The van der Waals surface area contributed by atoms with Gasteiger partial charge in [-0.2, -0.15) is 0 Å². The summed E-state index contributed by atoms with van der Waals surface area (Å²) in [6, 6.07) is 2.07. The zero-order valence-corrected chi connectivity index (χ0v) is 11.4. The van der Waals surface area contributed by atoms with Gasteiger partial charge in [-0.15, -0.1) is 0 Å². The maximum absolute atomic E-state index is 4.38. The lowest BCUT2D eigenvalue weighted by molar-refractivity contribution is 1.24. The molecule has 2 aromatic rings. The Labute approximate surface area is 101 Å². The Morgan fingerprint density at radius 3 is 3.08 bits per heavy atom. The number of rotatable bonds is 1. The predicted octanol–water partition coefficient (Wildman–Crippen LogP) is 3.95. The average molecular weight is 369 g/mol. The quantitative estimate of drug-likeness (QED) is 0.709. The lowest BCUT2D eigenvalue weighted by atomic mass is 10.2. The number of pyridine rings is 1. The van der Waals surface area contributed by atoms with E-state index in [0.29, 0.717) is 0 Å². The summed E-state index contributed by atoms with van der Waals surface area (Å²) in [6.07, 6.45) is 3.91. The van der Waals surface area contributed by atoms with Gasteiger partial charge in [0.15, 0.2) is 5.65 Å². The largest absolute Gasteiger partial charge is 0.266 e. The molecule has 0 saturated carbocycles. The number of hydrogen-bond donors (Lipinski definition) is 0. The average Bonchev–Trinajstić information content (AvgIpc) is 2.55. The molecule has 0 radical (unpaired) electrons. The van der Waals surface area contributed by atoms with Crippen LogP contribution < -0.4 is 0 Å². The van der Waals surface area contributed by atoms with Gasteiger partial charge in [-0.3, -0.25) is 3.97 Å². The molecule has 0 atom stereocenters. The highest BCUT2D eigenvalue weighted by Crippen LogP contribution is 2.29. The van der Waals surface area contributed by atoms with E-state index in [1.165, 1.54) is 10.9 Å². The maximum Gasteiger partial charge on any atom is 0.151 e. The van der Waals surface area contributed by atoms with Gasteiger partial charge in [0.2, 0.25) is 0 Å². The van der Waals surface area contributed by atoms with Crippen LogP contribution in [0.5, 0.6) is 0 Å². The number of hydrogen-bond acceptors (Lipinski definition) is 2. The highest BCUT2D eigenvalue weighted by Gasteiger charge is 2.06. The van der Waals surface area contributed by atoms with Crippen molar-refractivity contribution in [2.75, 3.05) is 0 Å². The highest BCUT2D eigenvalue weighted by atomic mass is 127. The van der Waals surface area contributed by atoms with Crippen LogP contribution in [-0.4, -0.2) is 8.96 Å². The molecule has 0 spiro atoms. The Bertz CT molecular complexity index is 455. The first-order valence-electron chi connectivity index (χ1n) is 3.65. The molecule has 0 saturated heterocycles. The Morgan fingerprint density at radius 1 is 1.62 bits per heavy atom. The second kappa shape index (κ2) is 3.78. The van der Waals surface area contributed by atoms with Crippen LogP contribution in [0.15, 0.2) is 22.9 Å². The molecule has 0 aliphatic carbocycles.